The number of fused-ring (bicyclic) bond motifs is 1. The highest BCUT2D eigenvalue weighted by Gasteiger charge is 2.48. The first-order valence-corrected chi connectivity index (χ1v) is 4.65. The second-order valence-corrected chi connectivity index (χ2v) is 3.98. The molecular weight excluding hydrogens is 150 g/mol. The van der Waals surface area contributed by atoms with Crippen molar-refractivity contribution < 1.29 is 4.79 Å². The summed E-state index contributed by atoms with van der Waals surface area (Å²) in [5.41, 5.74) is 1.40. The zero-order valence-corrected chi connectivity index (χ0v) is 7.60. The van der Waals surface area contributed by atoms with Crippen LogP contribution in [0.3, 0.4) is 0 Å². The Balaban J connectivity index is 2.30. The molecule has 0 N–H and O–H groups in total. The smallest absolute Gasteiger partial charge is 0.223 e. The van der Waals surface area contributed by atoms with E-state index in [4.69, 9.17) is 0 Å². The molecule has 12 heavy (non-hydrogen) atoms. The maximum Gasteiger partial charge on any atom is 0.223 e. The topological polar surface area (TPSA) is 20.3 Å². The van der Waals surface area contributed by atoms with E-state index >= 15 is 0 Å². The molecule has 0 aromatic heterocycles. The third-order valence-corrected chi connectivity index (χ3v) is 3.30. The van der Waals surface area contributed by atoms with Crippen molar-refractivity contribution in [1.29, 1.82) is 0 Å². The second-order valence-electron chi connectivity index (χ2n) is 3.98. The van der Waals surface area contributed by atoms with Gasteiger partial charge in [-0.15, -0.1) is 0 Å². The molecule has 2 saturated heterocycles. The van der Waals surface area contributed by atoms with Crippen LogP contribution in [-0.4, -0.2) is 22.9 Å². The fraction of sp³-hybridized carbons (Fsp3) is 0.700. The molecule has 2 aliphatic heterocycles. The minimum Gasteiger partial charge on any atom is -0.333 e. The third-order valence-electron chi connectivity index (χ3n) is 3.30. The zero-order chi connectivity index (χ0) is 8.77. The predicted octanol–water partition coefficient (Wildman–Crippen LogP) is 1.72. The Bertz CT molecular complexity index is 246. The van der Waals surface area contributed by atoms with Crippen LogP contribution in [-0.2, 0) is 4.79 Å². The molecule has 1 amide bonds. The highest BCUT2D eigenvalue weighted by atomic mass is 16.2. The van der Waals surface area contributed by atoms with Gasteiger partial charge >= 0.3 is 0 Å². The van der Waals surface area contributed by atoms with Crippen LogP contribution in [0.25, 0.3) is 0 Å². The average Bonchev–Trinajstić information content (AvgIpc) is 2.51. The first-order chi connectivity index (χ1) is 5.68. The molecule has 2 rings (SSSR count). The highest BCUT2D eigenvalue weighted by molar-refractivity contribution is 5.80. The molecule has 1 atom stereocenters. The molecule has 0 aromatic rings. The fourth-order valence-corrected chi connectivity index (χ4v) is 2.55. The van der Waals surface area contributed by atoms with E-state index in [1.165, 1.54) is 5.57 Å². The standard InChI is InChI=1S/C10H15NO/c1-3-10-5-4-9(12)11(10)7-8(2)6-10/h2-7H2,1H3/t10-/m0/s1. The SMILES string of the molecule is C=C1CN2C(=O)CC[C@@]2(CC)C1. The summed E-state index contributed by atoms with van der Waals surface area (Å²) in [6, 6.07) is 0. The summed E-state index contributed by atoms with van der Waals surface area (Å²) in [7, 11) is 0. The highest BCUT2D eigenvalue weighted by Crippen LogP contribution is 2.43. The number of nitrogens with zero attached hydrogens (tertiary/aromatic N) is 1. The van der Waals surface area contributed by atoms with Crippen LogP contribution in [0.5, 0.6) is 0 Å². The lowest BCUT2D eigenvalue weighted by molar-refractivity contribution is -0.129. The molecule has 66 valence electrons. The molecule has 0 saturated carbocycles. The molecular formula is C10H15NO. The largest absolute Gasteiger partial charge is 0.333 e. The van der Waals surface area contributed by atoms with Gasteiger partial charge in [0.25, 0.3) is 0 Å². The Morgan fingerprint density at radius 1 is 1.67 bits per heavy atom. The minimum atomic E-state index is 0.175. The molecule has 2 aliphatic rings. The predicted molar refractivity (Wildman–Crippen MR) is 47.7 cm³/mol. The number of carbonyl (C=O) groups is 1. The van der Waals surface area contributed by atoms with Crippen molar-refractivity contribution in [1.82, 2.24) is 4.90 Å². The van der Waals surface area contributed by atoms with Gasteiger partial charge in [-0.1, -0.05) is 19.1 Å². The first kappa shape index (κ1) is 7.84. The van der Waals surface area contributed by atoms with E-state index in [1.807, 2.05) is 4.90 Å². The summed E-state index contributed by atoms with van der Waals surface area (Å²) < 4.78 is 0. The van der Waals surface area contributed by atoms with Crippen molar-refractivity contribution in [3.8, 4) is 0 Å². The number of amides is 1. The normalized spacial score (nSPS) is 34.6. The van der Waals surface area contributed by atoms with Crippen molar-refractivity contribution in [3.05, 3.63) is 12.2 Å². The molecule has 0 unspecified atom stereocenters. The Morgan fingerprint density at radius 2 is 2.42 bits per heavy atom. The van der Waals surface area contributed by atoms with Crippen LogP contribution in [0.4, 0.5) is 0 Å². The molecule has 0 aliphatic carbocycles. The lowest BCUT2D eigenvalue weighted by Crippen LogP contribution is -2.39. The van der Waals surface area contributed by atoms with Gasteiger partial charge in [0.1, 0.15) is 0 Å². The van der Waals surface area contributed by atoms with Crippen LogP contribution in [0.2, 0.25) is 0 Å². The maximum absolute atomic E-state index is 11.5. The summed E-state index contributed by atoms with van der Waals surface area (Å²) >= 11 is 0. The molecule has 0 aromatic carbocycles. The average molecular weight is 165 g/mol. The molecule has 0 bridgehead atoms. The summed E-state index contributed by atoms with van der Waals surface area (Å²) in [5, 5.41) is 0. The van der Waals surface area contributed by atoms with E-state index < -0.39 is 0 Å². The van der Waals surface area contributed by atoms with Crippen molar-refractivity contribution in [2.75, 3.05) is 6.54 Å². The maximum atomic E-state index is 11.5. The van der Waals surface area contributed by atoms with Crippen molar-refractivity contribution in [3.63, 3.8) is 0 Å². The number of rotatable bonds is 1. The molecule has 2 heterocycles. The van der Waals surface area contributed by atoms with E-state index in [9.17, 15) is 4.79 Å². The van der Waals surface area contributed by atoms with E-state index in [-0.39, 0.29) is 5.54 Å². The number of hydrogen-bond donors (Lipinski definition) is 0. The van der Waals surface area contributed by atoms with Crippen LogP contribution < -0.4 is 0 Å². The van der Waals surface area contributed by atoms with Gasteiger partial charge in [0.2, 0.25) is 5.91 Å². The molecule has 2 nitrogen and oxygen atoms in total. The van der Waals surface area contributed by atoms with Crippen LogP contribution in [0, 0.1) is 0 Å². The van der Waals surface area contributed by atoms with Crippen LogP contribution in [0.15, 0.2) is 12.2 Å². The summed E-state index contributed by atoms with van der Waals surface area (Å²) in [4.78, 5) is 13.5. The van der Waals surface area contributed by atoms with Gasteiger partial charge in [0, 0.05) is 18.5 Å². The van der Waals surface area contributed by atoms with E-state index in [2.05, 4.69) is 13.5 Å². The van der Waals surface area contributed by atoms with Crippen LogP contribution in [0.1, 0.15) is 32.6 Å². The Morgan fingerprint density at radius 3 is 3.00 bits per heavy atom. The van der Waals surface area contributed by atoms with E-state index in [0.29, 0.717) is 5.91 Å². The summed E-state index contributed by atoms with van der Waals surface area (Å²) in [6.07, 6.45) is 3.91. The van der Waals surface area contributed by atoms with Gasteiger partial charge < -0.3 is 4.90 Å². The van der Waals surface area contributed by atoms with Gasteiger partial charge in [-0.2, -0.15) is 0 Å². The lowest BCUT2D eigenvalue weighted by Gasteiger charge is -2.29. The lowest BCUT2D eigenvalue weighted by atomic mass is 9.90. The molecule has 2 heteroatoms. The minimum absolute atomic E-state index is 0.175. The molecule has 2 fully saturated rings. The van der Waals surface area contributed by atoms with Gasteiger partial charge in [-0.05, 0) is 19.3 Å². The monoisotopic (exact) mass is 165 g/mol. The zero-order valence-electron chi connectivity index (χ0n) is 7.60. The van der Waals surface area contributed by atoms with Crippen LogP contribution >= 0.6 is 0 Å². The van der Waals surface area contributed by atoms with Gasteiger partial charge in [-0.25, -0.2) is 0 Å². The number of carbonyl (C=O) groups excluding carboxylic acids is 1. The summed E-state index contributed by atoms with van der Waals surface area (Å²) in [5.74, 6) is 0.329. The van der Waals surface area contributed by atoms with Crippen molar-refractivity contribution >= 4 is 5.91 Å². The van der Waals surface area contributed by atoms with E-state index in [1.54, 1.807) is 0 Å². The molecule has 0 spiro atoms. The first-order valence-electron chi connectivity index (χ1n) is 4.65. The van der Waals surface area contributed by atoms with Gasteiger partial charge in [-0.3, -0.25) is 4.79 Å². The quantitative estimate of drug-likeness (QED) is 0.542. The fourth-order valence-electron chi connectivity index (χ4n) is 2.55. The Hall–Kier alpha value is -0.790. The Kier molecular flexibility index (Phi) is 1.53. The summed E-state index contributed by atoms with van der Waals surface area (Å²) in [6.45, 7) is 6.95. The van der Waals surface area contributed by atoms with Crippen molar-refractivity contribution in [2.45, 2.75) is 38.1 Å². The van der Waals surface area contributed by atoms with Gasteiger partial charge in [0.15, 0.2) is 0 Å². The third kappa shape index (κ3) is 0.838. The Labute approximate surface area is 73.2 Å². The molecule has 0 radical (unpaired) electrons. The van der Waals surface area contributed by atoms with Crippen molar-refractivity contribution in [2.24, 2.45) is 0 Å². The van der Waals surface area contributed by atoms with Gasteiger partial charge in [0.05, 0.1) is 0 Å². The number of hydrogen-bond acceptors (Lipinski definition) is 1. The van der Waals surface area contributed by atoms with E-state index in [0.717, 1.165) is 32.2 Å². The second kappa shape index (κ2) is 2.35.